The number of rotatable bonds is 9. The molecule has 1 aromatic carbocycles. The van der Waals surface area contributed by atoms with Gasteiger partial charge in [-0.05, 0) is 18.9 Å². The number of ether oxygens (including phenoxy) is 2. The number of amides is 1. The molecule has 2 N–H and O–H groups in total. The number of benzene rings is 1. The minimum absolute atomic E-state index is 0.144. The Labute approximate surface area is 194 Å². The van der Waals surface area contributed by atoms with Crippen molar-refractivity contribution in [3.05, 3.63) is 45.8 Å². The number of nitrogens with zero attached hydrogens (tertiary/aromatic N) is 1. The number of halogens is 7. The van der Waals surface area contributed by atoms with Gasteiger partial charge in [0, 0.05) is 12.1 Å². The van der Waals surface area contributed by atoms with Crippen molar-refractivity contribution in [3.63, 3.8) is 0 Å². The summed E-state index contributed by atoms with van der Waals surface area (Å²) in [7, 11) is -3.41. The monoisotopic (exact) mass is 533 g/mol. The molecular formula is C18H14Cl2F5N3O4S. The lowest BCUT2D eigenvalue weighted by atomic mass is 10.2. The summed E-state index contributed by atoms with van der Waals surface area (Å²) in [5.41, 5.74) is -0.562. The van der Waals surface area contributed by atoms with E-state index < -0.39 is 57.3 Å². The second-order valence-corrected chi connectivity index (χ2v) is 9.79. The lowest BCUT2D eigenvalue weighted by Crippen LogP contribution is -2.33. The van der Waals surface area contributed by atoms with E-state index in [2.05, 4.69) is 9.72 Å². The van der Waals surface area contributed by atoms with Gasteiger partial charge >= 0.3 is 12.3 Å². The number of carbonyl (C=O) groups is 1. The zero-order valence-corrected chi connectivity index (χ0v) is 18.5. The van der Waals surface area contributed by atoms with Crippen LogP contribution < -0.4 is 14.2 Å². The summed E-state index contributed by atoms with van der Waals surface area (Å²) in [4.78, 5) is 15.8. The van der Waals surface area contributed by atoms with Gasteiger partial charge in [0.25, 0.3) is 5.91 Å². The van der Waals surface area contributed by atoms with Gasteiger partial charge in [0.1, 0.15) is 32.3 Å². The molecule has 1 aliphatic rings. The van der Waals surface area contributed by atoms with Crippen LogP contribution in [0.4, 0.5) is 22.0 Å². The number of hydrogen-bond acceptors (Lipinski definition) is 6. The lowest BCUT2D eigenvalue weighted by Gasteiger charge is -2.16. The molecule has 1 heterocycles. The fraction of sp³-hybridized carbons (Fsp3) is 0.333. The quantitative estimate of drug-likeness (QED) is 0.417. The Morgan fingerprint density at radius 3 is 2.52 bits per heavy atom. The van der Waals surface area contributed by atoms with Crippen LogP contribution in [-0.2, 0) is 9.92 Å². The van der Waals surface area contributed by atoms with Crippen molar-refractivity contribution in [2.75, 3.05) is 6.61 Å². The Morgan fingerprint density at radius 1 is 1.27 bits per heavy atom. The van der Waals surface area contributed by atoms with Crippen molar-refractivity contribution >= 4 is 39.0 Å². The van der Waals surface area contributed by atoms with Crippen molar-refractivity contribution in [2.24, 2.45) is 0 Å². The van der Waals surface area contributed by atoms with Crippen LogP contribution in [0.3, 0.4) is 0 Å². The molecule has 0 spiro atoms. The number of hydrogen-bond donors (Lipinski definition) is 2. The lowest BCUT2D eigenvalue weighted by molar-refractivity contribution is -0.148. The second-order valence-electron chi connectivity index (χ2n) is 6.90. The zero-order chi connectivity index (χ0) is 24.6. The van der Waals surface area contributed by atoms with Crippen molar-refractivity contribution in [1.82, 2.24) is 9.71 Å². The number of nitrogens with one attached hydrogen (secondary N) is 2. The topological polar surface area (TPSA) is 101 Å². The first-order valence-corrected chi connectivity index (χ1v) is 11.4. The van der Waals surface area contributed by atoms with E-state index in [4.69, 9.17) is 32.7 Å². The van der Waals surface area contributed by atoms with Crippen molar-refractivity contribution in [1.29, 1.82) is 4.78 Å². The normalized spacial score (nSPS) is 15.8. The second kappa shape index (κ2) is 9.47. The van der Waals surface area contributed by atoms with E-state index in [1.807, 2.05) is 4.72 Å². The Balaban J connectivity index is 1.72. The summed E-state index contributed by atoms with van der Waals surface area (Å²) >= 11 is 11.8. The Kier molecular flexibility index (Phi) is 7.24. The van der Waals surface area contributed by atoms with E-state index in [0.29, 0.717) is 12.8 Å². The van der Waals surface area contributed by atoms with Crippen LogP contribution in [-0.4, -0.2) is 39.3 Å². The van der Waals surface area contributed by atoms with Crippen LogP contribution in [0.25, 0.3) is 0 Å². The smallest absolute Gasteiger partial charge is 0.340 e. The van der Waals surface area contributed by atoms with Crippen LogP contribution >= 0.6 is 23.2 Å². The first kappa shape index (κ1) is 25.2. The highest BCUT2D eigenvalue weighted by Gasteiger charge is 2.42. The Morgan fingerprint density at radius 2 is 1.94 bits per heavy atom. The van der Waals surface area contributed by atoms with E-state index in [9.17, 15) is 31.0 Å². The van der Waals surface area contributed by atoms with Crippen molar-refractivity contribution in [3.8, 4) is 17.4 Å². The highest BCUT2D eigenvalue weighted by molar-refractivity contribution is 7.92. The molecule has 7 nitrogen and oxygen atoms in total. The molecule has 3 rings (SSSR count). The molecule has 1 saturated carbocycles. The molecule has 180 valence electrons. The average molecular weight is 534 g/mol. The summed E-state index contributed by atoms with van der Waals surface area (Å²) < 4.78 is 96.3. The maximum Gasteiger partial charge on any atom is 0.340 e. The molecular weight excluding hydrogens is 520 g/mol. The SMILES string of the molecule is N=S(=O)(NC(=O)c1cc(Cl)c(Oc2cnc(OCC(F)(F)C(F)F)c(Cl)c2)cc1F)C1CC1. The minimum Gasteiger partial charge on any atom is -0.470 e. The van der Waals surface area contributed by atoms with Crippen LogP contribution in [0.1, 0.15) is 23.2 Å². The molecule has 15 heteroatoms. The van der Waals surface area contributed by atoms with Crippen molar-refractivity contribution in [2.45, 2.75) is 30.4 Å². The van der Waals surface area contributed by atoms with Gasteiger partial charge in [-0.25, -0.2) is 27.1 Å². The van der Waals surface area contributed by atoms with Gasteiger partial charge in [0.2, 0.25) is 5.88 Å². The van der Waals surface area contributed by atoms with E-state index >= 15 is 0 Å². The van der Waals surface area contributed by atoms with E-state index in [1.54, 1.807) is 0 Å². The van der Waals surface area contributed by atoms with E-state index in [0.717, 1.165) is 24.4 Å². The molecule has 0 aliphatic heterocycles. The molecule has 1 unspecified atom stereocenters. The number of aromatic nitrogens is 1. The summed E-state index contributed by atoms with van der Waals surface area (Å²) in [6.07, 6.45) is -1.97. The third-order valence-corrected chi connectivity index (χ3v) is 6.70. The number of alkyl halides is 4. The summed E-state index contributed by atoms with van der Waals surface area (Å²) in [6, 6.07) is 2.69. The first-order chi connectivity index (χ1) is 15.3. The Bertz CT molecular complexity index is 1180. The van der Waals surface area contributed by atoms with Gasteiger partial charge in [-0.3, -0.25) is 9.52 Å². The molecule has 0 radical (unpaired) electrons. The Hall–Kier alpha value is -2.38. The molecule has 1 atom stereocenters. The molecule has 1 fully saturated rings. The van der Waals surface area contributed by atoms with Crippen LogP contribution in [0, 0.1) is 10.6 Å². The van der Waals surface area contributed by atoms with Crippen LogP contribution in [0.2, 0.25) is 10.0 Å². The molecule has 1 amide bonds. The van der Waals surface area contributed by atoms with E-state index in [-0.39, 0.29) is 21.5 Å². The average Bonchev–Trinajstić information content (AvgIpc) is 3.55. The number of pyridine rings is 1. The van der Waals surface area contributed by atoms with E-state index in [1.165, 1.54) is 0 Å². The molecule has 1 aromatic heterocycles. The molecule has 0 bridgehead atoms. The fourth-order valence-electron chi connectivity index (χ4n) is 2.38. The van der Waals surface area contributed by atoms with Gasteiger partial charge in [0.15, 0.2) is 6.61 Å². The van der Waals surface area contributed by atoms with Gasteiger partial charge in [-0.1, -0.05) is 23.2 Å². The molecule has 2 aromatic rings. The standard InChI is InChI=1S/C18H14Cl2F5N3O4S/c19-11-4-10(15(29)28-33(26,30)9-1-2-9)13(21)5-14(11)32-8-3-12(20)16(27-6-8)31-7-18(24,25)17(22)23/h3-6,9,17H,1-2,7H2,(H2,26,28,29,30). The molecule has 33 heavy (non-hydrogen) atoms. The molecule has 0 saturated heterocycles. The third-order valence-electron chi connectivity index (χ3n) is 4.24. The van der Waals surface area contributed by atoms with Gasteiger partial charge < -0.3 is 9.47 Å². The summed E-state index contributed by atoms with van der Waals surface area (Å²) in [6.45, 7) is -1.66. The largest absolute Gasteiger partial charge is 0.470 e. The highest BCUT2D eigenvalue weighted by Crippen LogP contribution is 2.35. The maximum absolute atomic E-state index is 14.4. The summed E-state index contributed by atoms with van der Waals surface area (Å²) in [5.74, 6) is -7.58. The van der Waals surface area contributed by atoms with Gasteiger partial charge in [0.05, 0.1) is 22.0 Å². The first-order valence-electron chi connectivity index (χ1n) is 9.01. The highest BCUT2D eigenvalue weighted by atomic mass is 35.5. The maximum atomic E-state index is 14.4. The predicted molar refractivity (Wildman–Crippen MR) is 109 cm³/mol. The van der Waals surface area contributed by atoms with Crippen molar-refractivity contribution < 1.29 is 40.4 Å². The third kappa shape index (κ3) is 6.15. The van der Waals surface area contributed by atoms with Gasteiger partial charge in [-0.2, -0.15) is 8.78 Å². The zero-order valence-electron chi connectivity index (χ0n) is 16.2. The molecule has 1 aliphatic carbocycles. The fourth-order valence-corrected chi connectivity index (χ4v) is 4.15. The van der Waals surface area contributed by atoms with Crippen LogP contribution in [0.15, 0.2) is 24.4 Å². The van der Waals surface area contributed by atoms with Crippen LogP contribution in [0.5, 0.6) is 17.4 Å². The number of carbonyl (C=O) groups excluding carboxylic acids is 1. The minimum atomic E-state index is -4.41. The predicted octanol–water partition coefficient (Wildman–Crippen LogP) is 5.45. The van der Waals surface area contributed by atoms with Gasteiger partial charge in [-0.15, -0.1) is 0 Å². The summed E-state index contributed by atoms with van der Waals surface area (Å²) in [5, 5.41) is -1.08.